The van der Waals surface area contributed by atoms with Gasteiger partial charge in [0.2, 0.25) is 5.91 Å². The lowest BCUT2D eigenvalue weighted by molar-refractivity contribution is -0.121. The molecular weight excluding hydrogens is 298 g/mol. The molecule has 0 saturated heterocycles. The van der Waals surface area contributed by atoms with Gasteiger partial charge in [0, 0.05) is 10.6 Å². The first kappa shape index (κ1) is 14.9. The van der Waals surface area contributed by atoms with Crippen LogP contribution in [0.3, 0.4) is 0 Å². The number of ether oxygens (including phenoxy) is 1. The van der Waals surface area contributed by atoms with Crippen LogP contribution in [-0.2, 0) is 16.8 Å². The molecule has 114 valence electrons. The lowest BCUT2D eigenvalue weighted by Crippen LogP contribution is -2.35. The molecule has 0 spiro atoms. The van der Waals surface area contributed by atoms with Gasteiger partial charge in [-0.3, -0.25) is 4.79 Å². The zero-order valence-electron chi connectivity index (χ0n) is 12.4. The molecule has 1 fully saturated rings. The van der Waals surface area contributed by atoms with Crippen LogP contribution in [-0.4, -0.2) is 13.0 Å². The number of rotatable bonds is 5. The van der Waals surface area contributed by atoms with Gasteiger partial charge in [-0.1, -0.05) is 41.9 Å². The first-order valence-corrected chi connectivity index (χ1v) is 7.70. The van der Waals surface area contributed by atoms with Gasteiger partial charge < -0.3 is 10.1 Å². The standard InChI is InChI=1S/C18H18ClNO2/c1-22-16-5-3-2-4-13(16)12-17(21)20-18(10-11-18)14-6-8-15(19)9-7-14/h2-9H,10-12H2,1H3,(H,20,21). The van der Waals surface area contributed by atoms with Crippen LogP contribution in [0, 0.1) is 0 Å². The van der Waals surface area contributed by atoms with Crippen LogP contribution in [0.1, 0.15) is 24.0 Å². The van der Waals surface area contributed by atoms with E-state index in [9.17, 15) is 4.79 Å². The highest BCUT2D eigenvalue weighted by Crippen LogP contribution is 2.45. The highest BCUT2D eigenvalue weighted by Gasteiger charge is 2.45. The number of halogens is 1. The molecule has 1 aliphatic carbocycles. The number of hydrogen-bond acceptors (Lipinski definition) is 2. The molecule has 0 bridgehead atoms. The van der Waals surface area contributed by atoms with Gasteiger partial charge in [0.05, 0.1) is 19.1 Å². The molecule has 4 heteroatoms. The summed E-state index contributed by atoms with van der Waals surface area (Å²) in [6, 6.07) is 15.3. The maximum absolute atomic E-state index is 12.4. The topological polar surface area (TPSA) is 38.3 Å². The van der Waals surface area contributed by atoms with Gasteiger partial charge in [-0.15, -0.1) is 0 Å². The summed E-state index contributed by atoms with van der Waals surface area (Å²) in [6.07, 6.45) is 2.25. The summed E-state index contributed by atoms with van der Waals surface area (Å²) in [7, 11) is 1.62. The van der Waals surface area contributed by atoms with Crippen LogP contribution < -0.4 is 10.1 Å². The third-order valence-corrected chi connectivity index (χ3v) is 4.32. The van der Waals surface area contributed by atoms with E-state index in [1.807, 2.05) is 48.5 Å². The van der Waals surface area contributed by atoms with Gasteiger partial charge in [0.1, 0.15) is 5.75 Å². The van der Waals surface area contributed by atoms with E-state index < -0.39 is 0 Å². The zero-order valence-corrected chi connectivity index (χ0v) is 13.2. The molecule has 1 N–H and O–H groups in total. The fourth-order valence-corrected chi connectivity index (χ4v) is 2.84. The van der Waals surface area contributed by atoms with Crippen LogP contribution in [0.4, 0.5) is 0 Å². The van der Waals surface area contributed by atoms with E-state index in [2.05, 4.69) is 5.32 Å². The SMILES string of the molecule is COc1ccccc1CC(=O)NC1(c2ccc(Cl)cc2)CC1. The Kier molecular flexibility index (Phi) is 4.08. The Bertz CT molecular complexity index is 678. The molecule has 0 unspecified atom stereocenters. The molecule has 1 amide bonds. The Morgan fingerprint density at radius 2 is 1.86 bits per heavy atom. The van der Waals surface area contributed by atoms with Crippen molar-refractivity contribution < 1.29 is 9.53 Å². The van der Waals surface area contributed by atoms with Crippen LogP contribution in [0.25, 0.3) is 0 Å². The summed E-state index contributed by atoms with van der Waals surface area (Å²) in [5, 5.41) is 3.87. The Hall–Kier alpha value is -2.00. The first-order valence-electron chi connectivity index (χ1n) is 7.32. The normalized spacial score (nSPS) is 15.2. The molecule has 3 nitrogen and oxygen atoms in total. The van der Waals surface area contributed by atoms with E-state index >= 15 is 0 Å². The van der Waals surface area contributed by atoms with Crippen molar-refractivity contribution in [2.45, 2.75) is 24.8 Å². The Balaban J connectivity index is 1.70. The quantitative estimate of drug-likeness (QED) is 0.913. The molecule has 1 aliphatic rings. The average Bonchev–Trinajstić information content (AvgIpc) is 3.29. The maximum atomic E-state index is 12.4. The van der Waals surface area contributed by atoms with Crippen molar-refractivity contribution in [1.82, 2.24) is 5.32 Å². The van der Waals surface area contributed by atoms with Gasteiger partial charge in [0.25, 0.3) is 0 Å². The number of methoxy groups -OCH3 is 1. The number of amides is 1. The molecule has 0 aromatic heterocycles. The first-order chi connectivity index (χ1) is 10.6. The van der Waals surface area contributed by atoms with E-state index in [-0.39, 0.29) is 11.4 Å². The van der Waals surface area contributed by atoms with Gasteiger partial charge in [-0.05, 0) is 36.6 Å². The minimum atomic E-state index is -0.219. The molecule has 0 radical (unpaired) electrons. The van der Waals surface area contributed by atoms with Crippen LogP contribution >= 0.6 is 11.6 Å². The van der Waals surface area contributed by atoms with E-state index in [4.69, 9.17) is 16.3 Å². The number of carbonyl (C=O) groups is 1. The number of carbonyl (C=O) groups excluding carboxylic acids is 1. The van der Waals surface area contributed by atoms with Gasteiger partial charge >= 0.3 is 0 Å². The number of hydrogen-bond donors (Lipinski definition) is 1. The fraction of sp³-hybridized carbons (Fsp3) is 0.278. The molecular formula is C18H18ClNO2. The fourth-order valence-electron chi connectivity index (χ4n) is 2.71. The van der Waals surface area contributed by atoms with Crippen LogP contribution in [0.5, 0.6) is 5.75 Å². The highest BCUT2D eigenvalue weighted by atomic mass is 35.5. The van der Waals surface area contributed by atoms with Crippen molar-refractivity contribution in [3.63, 3.8) is 0 Å². The smallest absolute Gasteiger partial charge is 0.225 e. The van der Waals surface area contributed by atoms with Crippen molar-refractivity contribution in [3.8, 4) is 5.75 Å². The number of nitrogens with one attached hydrogen (secondary N) is 1. The minimum Gasteiger partial charge on any atom is -0.496 e. The maximum Gasteiger partial charge on any atom is 0.225 e. The van der Waals surface area contributed by atoms with Crippen LogP contribution in [0.2, 0.25) is 5.02 Å². The molecule has 3 rings (SSSR count). The summed E-state index contributed by atoms with van der Waals surface area (Å²) in [4.78, 5) is 12.4. The Morgan fingerprint density at radius 3 is 2.50 bits per heavy atom. The van der Waals surface area contributed by atoms with E-state index in [0.29, 0.717) is 11.4 Å². The second-order valence-electron chi connectivity index (χ2n) is 5.63. The third-order valence-electron chi connectivity index (χ3n) is 4.07. The summed E-state index contributed by atoms with van der Waals surface area (Å²) in [6.45, 7) is 0. The summed E-state index contributed by atoms with van der Waals surface area (Å²) >= 11 is 5.93. The monoisotopic (exact) mass is 315 g/mol. The largest absolute Gasteiger partial charge is 0.496 e. The van der Waals surface area contributed by atoms with Crippen molar-refractivity contribution in [1.29, 1.82) is 0 Å². The molecule has 2 aromatic carbocycles. The summed E-state index contributed by atoms with van der Waals surface area (Å²) in [5.74, 6) is 0.755. The van der Waals surface area contributed by atoms with E-state index in [0.717, 1.165) is 29.7 Å². The predicted molar refractivity (Wildman–Crippen MR) is 87.2 cm³/mol. The predicted octanol–water partition coefficient (Wildman–Crippen LogP) is 3.70. The second kappa shape index (κ2) is 6.01. The summed E-state index contributed by atoms with van der Waals surface area (Å²) < 4.78 is 5.30. The van der Waals surface area contributed by atoms with E-state index in [1.54, 1.807) is 7.11 Å². The molecule has 2 aromatic rings. The number of para-hydroxylation sites is 1. The average molecular weight is 316 g/mol. The van der Waals surface area contributed by atoms with Crippen molar-refractivity contribution >= 4 is 17.5 Å². The zero-order chi connectivity index (χ0) is 15.6. The van der Waals surface area contributed by atoms with Crippen molar-refractivity contribution in [2.24, 2.45) is 0 Å². The molecule has 0 aliphatic heterocycles. The summed E-state index contributed by atoms with van der Waals surface area (Å²) in [5.41, 5.74) is 1.80. The molecule has 0 heterocycles. The lowest BCUT2D eigenvalue weighted by Gasteiger charge is -2.18. The van der Waals surface area contributed by atoms with Gasteiger partial charge in [-0.2, -0.15) is 0 Å². The molecule has 1 saturated carbocycles. The molecule has 0 atom stereocenters. The highest BCUT2D eigenvalue weighted by molar-refractivity contribution is 6.30. The Morgan fingerprint density at radius 1 is 1.18 bits per heavy atom. The molecule has 22 heavy (non-hydrogen) atoms. The van der Waals surface area contributed by atoms with Gasteiger partial charge in [-0.25, -0.2) is 0 Å². The Labute approximate surface area is 135 Å². The minimum absolute atomic E-state index is 0.0111. The number of benzene rings is 2. The van der Waals surface area contributed by atoms with Crippen LogP contribution in [0.15, 0.2) is 48.5 Å². The van der Waals surface area contributed by atoms with E-state index in [1.165, 1.54) is 0 Å². The van der Waals surface area contributed by atoms with Gasteiger partial charge in [0.15, 0.2) is 0 Å². The second-order valence-corrected chi connectivity index (χ2v) is 6.06. The lowest BCUT2D eigenvalue weighted by atomic mass is 10.0. The third kappa shape index (κ3) is 3.09. The van der Waals surface area contributed by atoms with Crippen molar-refractivity contribution in [2.75, 3.05) is 7.11 Å². The van der Waals surface area contributed by atoms with Crippen molar-refractivity contribution in [3.05, 3.63) is 64.7 Å².